The molecule has 10 heteroatoms. The number of hydrogen-bond donors (Lipinski definition) is 0. The van der Waals surface area contributed by atoms with Gasteiger partial charge in [-0.1, -0.05) is 53.7 Å². The van der Waals surface area contributed by atoms with Crippen LogP contribution >= 0.6 is 23.4 Å². The lowest BCUT2D eigenvalue weighted by Crippen LogP contribution is -2.12. The van der Waals surface area contributed by atoms with Crippen molar-refractivity contribution >= 4 is 23.4 Å². The van der Waals surface area contributed by atoms with Gasteiger partial charge in [-0.25, -0.2) is 0 Å². The number of benzene rings is 2. The lowest BCUT2D eigenvalue weighted by atomic mass is 10.1. The summed E-state index contributed by atoms with van der Waals surface area (Å²) >= 11 is 7.67. The minimum absolute atomic E-state index is 0.251. The maximum Gasteiger partial charge on any atom is 0.220 e. The standard InChI is InChI=1S/C22H23ClN4O4S/c1-5-10-31-21-18(23)11-16(12-19(21)30-4)20(13-26(28)29)32-22-25-24-15(3)27(22)17-8-6-14(2)7-9-17/h5-9,11-12,20H,1,10,13H2,2-4H3/t20-/m0/s1. The first-order valence-corrected chi connectivity index (χ1v) is 11.0. The van der Waals surface area contributed by atoms with E-state index in [0.29, 0.717) is 33.1 Å². The van der Waals surface area contributed by atoms with E-state index in [2.05, 4.69) is 16.8 Å². The highest BCUT2D eigenvalue weighted by atomic mass is 35.5. The first-order valence-electron chi connectivity index (χ1n) is 9.72. The summed E-state index contributed by atoms with van der Waals surface area (Å²) in [6.45, 7) is 7.38. The van der Waals surface area contributed by atoms with Crippen LogP contribution in [-0.2, 0) is 0 Å². The van der Waals surface area contributed by atoms with Gasteiger partial charge in [0, 0.05) is 10.6 Å². The van der Waals surface area contributed by atoms with Crippen LogP contribution in [0.5, 0.6) is 11.5 Å². The number of halogens is 1. The summed E-state index contributed by atoms with van der Waals surface area (Å²) in [4.78, 5) is 11.1. The Hall–Kier alpha value is -3.04. The minimum Gasteiger partial charge on any atom is -0.493 e. The van der Waals surface area contributed by atoms with Crippen molar-refractivity contribution in [2.45, 2.75) is 24.3 Å². The molecule has 0 fully saturated rings. The molecule has 0 aliphatic rings. The molecule has 1 atom stereocenters. The third-order valence-electron chi connectivity index (χ3n) is 4.62. The molecule has 0 N–H and O–H groups in total. The number of hydrogen-bond acceptors (Lipinski definition) is 7. The molecule has 0 spiro atoms. The quantitative estimate of drug-likeness (QED) is 0.172. The van der Waals surface area contributed by atoms with Gasteiger partial charge in [0.25, 0.3) is 0 Å². The predicted molar refractivity (Wildman–Crippen MR) is 125 cm³/mol. The fourth-order valence-corrected chi connectivity index (χ4v) is 4.52. The third kappa shape index (κ3) is 5.41. The summed E-state index contributed by atoms with van der Waals surface area (Å²) in [6, 6.07) is 11.3. The molecule has 0 bridgehead atoms. The van der Waals surface area contributed by atoms with E-state index >= 15 is 0 Å². The Morgan fingerprint density at radius 2 is 2.00 bits per heavy atom. The number of nitro groups is 1. The van der Waals surface area contributed by atoms with E-state index in [1.807, 2.05) is 42.7 Å². The zero-order valence-electron chi connectivity index (χ0n) is 17.9. The van der Waals surface area contributed by atoms with E-state index in [9.17, 15) is 10.1 Å². The van der Waals surface area contributed by atoms with Gasteiger partial charge in [0.15, 0.2) is 16.7 Å². The van der Waals surface area contributed by atoms with Gasteiger partial charge in [0.2, 0.25) is 6.54 Å². The van der Waals surface area contributed by atoms with Gasteiger partial charge in [0.1, 0.15) is 17.7 Å². The molecule has 0 aliphatic carbocycles. The first-order chi connectivity index (χ1) is 15.3. The predicted octanol–water partition coefficient (Wildman–Crippen LogP) is 5.22. The van der Waals surface area contributed by atoms with E-state index in [1.54, 1.807) is 18.2 Å². The van der Waals surface area contributed by atoms with E-state index in [-0.39, 0.29) is 18.1 Å². The molecule has 168 valence electrons. The van der Waals surface area contributed by atoms with Crippen LogP contribution in [0.3, 0.4) is 0 Å². The van der Waals surface area contributed by atoms with Gasteiger partial charge in [-0.15, -0.1) is 10.2 Å². The lowest BCUT2D eigenvalue weighted by Gasteiger charge is -2.18. The maximum absolute atomic E-state index is 11.5. The molecule has 0 saturated carbocycles. The van der Waals surface area contributed by atoms with Crippen LogP contribution in [0, 0.1) is 24.0 Å². The molecule has 32 heavy (non-hydrogen) atoms. The van der Waals surface area contributed by atoms with Gasteiger partial charge in [-0.05, 0) is 43.7 Å². The average Bonchev–Trinajstić information content (AvgIpc) is 3.12. The second-order valence-electron chi connectivity index (χ2n) is 6.96. The van der Waals surface area contributed by atoms with Crippen molar-refractivity contribution in [2.24, 2.45) is 0 Å². The maximum atomic E-state index is 11.5. The molecule has 1 aromatic heterocycles. The Balaban J connectivity index is 2.01. The second-order valence-corrected chi connectivity index (χ2v) is 8.53. The zero-order valence-corrected chi connectivity index (χ0v) is 19.5. The number of nitrogens with zero attached hydrogens (tertiary/aromatic N) is 4. The Morgan fingerprint density at radius 1 is 1.28 bits per heavy atom. The average molecular weight is 475 g/mol. The topological polar surface area (TPSA) is 92.3 Å². The molecular formula is C22H23ClN4O4S. The summed E-state index contributed by atoms with van der Waals surface area (Å²) in [7, 11) is 1.49. The van der Waals surface area contributed by atoms with Crippen molar-refractivity contribution < 1.29 is 14.4 Å². The number of methoxy groups -OCH3 is 1. The fourth-order valence-electron chi connectivity index (χ4n) is 3.09. The SMILES string of the molecule is C=CCOc1c(Cl)cc([C@H](C[N+](=O)[O-])Sc2nnc(C)n2-c2ccc(C)cc2)cc1OC. The van der Waals surface area contributed by atoms with Crippen LogP contribution in [0.4, 0.5) is 0 Å². The van der Waals surface area contributed by atoms with E-state index in [0.717, 1.165) is 11.3 Å². The normalized spacial score (nSPS) is 11.8. The molecule has 2 aromatic carbocycles. The summed E-state index contributed by atoms with van der Waals surface area (Å²) < 4.78 is 12.9. The molecule has 0 amide bonds. The summed E-state index contributed by atoms with van der Waals surface area (Å²) in [6.07, 6.45) is 1.59. The molecule has 8 nitrogen and oxygen atoms in total. The smallest absolute Gasteiger partial charge is 0.220 e. The molecule has 0 saturated heterocycles. The van der Waals surface area contributed by atoms with Gasteiger partial charge in [-0.2, -0.15) is 0 Å². The van der Waals surface area contributed by atoms with Crippen LogP contribution in [0.1, 0.15) is 22.2 Å². The number of aromatic nitrogens is 3. The van der Waals surface area contributed by atoms with Gasteiger partial charge < -0.3 is 9.47 Å². The van der Waals surface area contributed by atoms with Crippen LogP contribution in [0.25, 0.3) is 5.69 Å². The largest absolute Gasteiger partial charge is 0.493 e. The van der Waals surface area contributed by atoms with Crippen molar-refractivity contribution in [3.05, 3.63) is 81.1 Å². The molecule has 0 aliphatic heterocycles. The number of aryl methyl sites for hydroxylation is 2. The highest BCUT2D eigenvalue weighted by Gasteiger charge is 2.26. The first kappa shape index (κ1) is 23.6. The molecule has 3 rings (SSSR count). The Bertz CT molecular complexity index is 1120. The van der Waals surface area contributed by atoms with Crippen molar-refractivity contribution in [1.29, 1.82) is 0 Å². The van der Waals surface area contributed by atoms with Crippen molar-refractivity contribution in [3.63, 3.8) is 0 Å². The van der Waals surface area contributed by atoms with Crippen LogP contribution in [-0.4, -0.2) is 39.9 Å². The highest BCUT2D eigenvalue weighted by molar-refractivity contribution is 7.99. The monoisotopic (exact) mass is 474 g/mol. The summed E-state index contributed by atoms with van der Waals surface area (Å²) in [5.41, 5.74) is 2.63. The van der Waals surface area contributed by atoms with Crippen molar-refractivity contribution in [1.82, 2.24) is 14.8 Å². The number of ether oxygens (including phenoxy) is 2. The van der Waals surface area contributed by atoms with Gasteiger partial charge in [-0.3, -0.25) is 14.7 Å². The molecule has 1 heterocycles. The van der Waals surface area contributed by atoms with Gasteiger partial charge in [0.05, 0.1) is 12.1 Å². The molecule has 3 aromatic rings. The van der Waals surface area contributed by atoms with Crippen molar-refractivity contribution in [2.75, 3.05) is 20.3 Å². The van der Waals surface area contributed by atoms with Crippen LogP contribution < -0.4 is 9.47 Å². The highest BCUT2D eigenvalue weighted by Crippen LogP contribution is 2.43. The number of thioether (sulfide) groups is 1. The molecule has 0 unspecified atom stereocenters. The third-order valence-corrected chi connectivity index (χ3v) is 6.08. The summed E-state index contributed by atoms with van der Waals surface area (Å²) in [5, 5.41) is 20.2. The lowest BCUT2D eigenvalue weighted by molar-refractivity contribution is -0.479. The summed E-state index contributed by atoms with van der Waals surface area (Å²) in [5.74, 6) is 1.43. The second kappa shape index (κ2) is 10.5. The Morgan fingerprint density at radius 3 is 2.62 bits per heavy atom. The Labute approximate surface area is 195 Å². The van der Waals surface area contributed by atoms with Crippen LogP contribution in [0.15, 0.2) is 54.2 Å². The van der Waals surface area contributed by atoms with E-state index in [4.69, 9.17) is 21.1 Å². The molecule has 0 radical (unpaired) electrons. The van der Waals surface area contributed by atoms with E-state index < -0.39 is 5.25 Å². The number of rotatable bonds is 10. The van der Waals surface area contributed by atoms with E-state index in [1.165, 1.54) is 18.9 Å². The van der Waals surface area contributed by atoms with Gasteiger partial charge >= 0.3 is 0 Å². The fraction of sp³-hybridized carbons (Fsp3) is 0.273. The Kier molecular flexibility index (Phi) is 7.76. The zero-order chi connectivity index (χ0) is 23.3. The van der Waals surface area contributed by atoms with Crippen molar-refractivity contribution in [3.8, 4) is 17.2 Å². The molecular weight excluding hydrogens is 452 g/mol. The minimum atomic E-state index is -0.586. The van der Waals surface area contributed by atoms with Crippen LogP contribution in [0.2, 0.25) is 5.02 Å².